The number of aryl methyl sites for hydroxylation is 1. The number of hydrogen-bond acceptors (Lipinski definition) is 5. The summed E-state index contributed by atoms with van der Waals surface area (Å²) < 4.78 is 1.96. The van der Waals surface area contributed by atoms with E-state index in [0.29, 0.717) is 19.5 Å². The van der Waals surface area contributed by atoms with Crippen molar-refractivity contribution in [1.29, 1.82) is 0 Å². The molecular formula is C17H18N4O2S. The van der Waals surface area contributed by atoms with Gasteiger partial charge in [-0.25, -0.2) is 9.97 Å². The monoisotopic (exact) mass is 342 g/mol. The molecule has 1 saturated heterocycles. The van der Waals surface area contributed by atoms with Crippen LogP contribution in [0.1, 0.15) is 12.1 Å². The first-order chi connectivity index (χ1) is 11.6. The van der Waals surface area contributed by atoms with Gasteiger partial charge in [-0.3, -0.25) is 4.79 Å². The minimum absolute atomic E-state index is 0.0121. The third kappa shape index (κ3) is 2.59. The van der Waals surface area contributed by atoms with Crippen molar-refractivity contribution in [1.82, 2.24) is 19.4 Å². The number of aliphatic hydroxyl groups is 1. The van der Waals surface area contributed by atoms with Gasteiger partial charge in [-0.2, -0.15) is 0 Å². The summed E-state index contributed by atoms with van der Waals surface area (Å²) in [6.07, 6.45) is 0.244. The van der Waals surface area contributed by atoms with Crippen molar-refractivity contribution < 1.29 is 9.90 Å². The molecule has 24 heavy (non-hydrogen) atoms. The van der Waals surface area contributed by atoms with E-state index >= 15 is 0 Å². The zero-order chi connectivity index (χ0) is 16.7. The number of likely N-dealkylation sites (tertiary alicyclic amines) is 1. The van der Waals surface area contributed by atoms with Crippen LogP contribution >= 0.6 is 11.3 Å². The van der Waals surface area contributed by atoms with Crippen LogP contribution in [-0.2, 0) is 11.3 Å². The number of aliphatic hydroxyl groups excluding tert-OH is 1. The van der Waals surface area contributed by atoms with Gasteiger partial charge in [0.2, 0.25) is 5.91 Å². The number of thiazole rings is 1. The number of carbonyl (C=O) groups is 1. The third-order valence-corrected chi connectivity index (χ3v) is 5.34. The van der Waals surface area contributed by atoms with E-state index < -0.39 is 6.10 Å². The fourth-order valence-corrected chi connectivity index (χ4v) is 3.93. The van der Waals surface area contributed by atoms with Gasteiger partial charge in [0.15, 0.2) is 5.82 Å². The molecule has 0 spiro atoms. The Morgan fingerprint density at radius 3 is 2.96 bits per heavy atom. The smallest absolute Gasteiger partial charge is 0.242 e. The number of nitrogens with zero attached hydrogens (tertiary/aromatic N) is 4. The van der Waals surface area contributed by atoms with Gasteiger partial charge in [0.05, 0.1) is 33.2 Å². The van der Waals surface area contributed by atoms with Crippen LogP contribution in [-0.4, -0.2) is 49.6 Å². The van der Waals surface area contributed by atoms with E-state index in [1.54, 1.807) is 10.4 Å². The van der Waals surface area contributed by atoms with E-state index in [9.17, 15) is 9.90 Å². The van der Waals surface area contributed by atoms with Crippen LogP contribution in [0.4, 0.5) is 0 Å². The van der Waals surface area contributed by atoms with Gasteiger partial charge in [-0.1, -0.05) is 12.1 Å². The van der Waals surface area contributed by atoms with Crippen LogP contribution in [0.5, 0.6) is 0 Å². The highest BCUT2D eigenvalue weighted by Crippen LogP contribution is 2.30. The zero-order valence-electron chi connectivity index (χ0n) is 13.3. The predicted octanol–water partition coefficient (Wildman–Crippen LogP) is 2.06. The summed E-state index contributed by atoms with van der Waals surface area (Å²) in [7, 11) is 0. The van der Waals surface area contributed by atoms with Crippen molar-refractivity contribution in [2.75, 3.05) is 13.1 Å². The van der Waals surface area contributed by atoms with E-state index in [4.69, 9.17) is 4.98 Å². The van der Waals surface area contributed by atoms with Crippen molar-refractivity contribution in [2.45, 2.75) is 26.0 Å². The SMILES string of the molecule is Cc1ncsc1-c1nc2ccccc2n1CC(=O)N1CC[C@@H](O)C1. The maximum absolute atomic E-state index is 12.7. The molecule has 124 valence electrons. The number of amides is 1. The fraction of sp³-hybridized carbons (Fsp3) is 0.353. The van der Waals surface area contributed by atoms with Crippen molar-refractivity contribution in [2.24, 2.45) is 0 Å². The Morgan fingerprint density at radius 2 is 2.25 bits per heavy atom. The van der Waals surface area contributed by atoms with Gasteiger partial charge >= 0.3 is 0 Å². The van der Waals surface area contributed by atoms with Crippen LogP contribution in [0.2, 0.25) is 0 Å². The minimum atomic E-state index is -0.406. The van der Waals surface area contributed by atoms with Crippen LogP contribution in [0.15, 0.2) is 29.8 Å². The number of benzene rings is 1. The van der Waals surface area contributed by atoms with Crippen molar-refractivity contribution in [3.8, 4) is 10.7 Å². The summed E-state index contributed by atoms with van der Waals surface area (Å²) in [6.45, 7) is 3.20. The molecule has 0 radical (unpaired) electrons. The summed E-state index contributed by atoms with van der Waals surface area (Å²) >= 11 is 1.53. The molecule has 0 saturated carbocycles. The molecule has 2 aromatic heterocycles. The molecule has 3 heterocycles. The van der Waals surface area contributed by atoms with Gasteiger partial charge in [0.1, 0.15) is 6.54 Å². The van der Waals surface area contributed by atoms with Crippen LogP contribution in [0, 0.1) is 6.92 Å². The molecule has 1 aliphatic heterocycles. The van der Waals surface area contributed by atoms with Crippen LogP contribution in [0.3, 0.4) is 0 Å². The standard InChI is InChI=1S/C17H18N4O2S/c1-11-16(24-10-18-11)17-19-13-4-2-3-5-14(13)21(17)9-15(23)20-7-6-12(22)8-20/h2-5,10,12,22H,6-9H2,1H3/t12-/m1/s1. The molecule has 7 heteroatoms. The highest BCUT2D eigenvalue weighted by molar-refractivity contribution is 7.13. The lowest BCUT2D eigenvalue weighted by Crippen LogP contribution is -2.32. The molecule has 0 bridgehead atoms. The molecule has 4 rings (SSSR count). The summed E-state index contributed by atoms with van der Waals surface area (Å²) in [5, 5.41) is 9.67. The van der Waals surface area contributed by atoms with Crippen molar-refractivity contribution in [3.05, 3.63) is 35.5 Å². The van der Waals surface area contributed by atoms with Gasteiger partial charge in [-0.05, 0) is 25.5 Å². The first-order valence-corrected chi connectivity index (χ1v) is 8.83. The number of rotatable bonds is 3. The maximum atomic E-state index is 12.7. The first-order valence-electron chi connectivity index (χ1n) is 7.95. The number of carbonyl (C=O) groups excluding carboxylic acids is 1. The van der Waals surface area contributed by atoms with E-state index in [2.05, 4.69) is 4.98 Å². The summed E-state index contributed by atoms with van der Waals surface area (Å²) in [4.78, 5) is 24.4. The lowest BCUT2D eigenvalue weighted by Gasteiger charge is -2.17. The Morgan fingerprint density at radius 1 is 1.42 bits per heavy atom. The largest absolute Gasteiger partial charge is 0.391 e. The summed E-state index contributed by atoms with van der Waals surface area (Å²) in [6, 6.07) is 7.83. The Labute approximate surface area is 143 Å². The second kappa shape index (κ2) is 5.99. The molecule has 1 amide bonds. The number of imidazole rings is 1. The third-order valence-electron chi connectivity index (χ3n) is 4.41. The molecule has 1 aromatic carbocycles. The number of β-amino-alcohol motifs (C(OH)–C–C–N with tert-alkyl or cyclic N) is 1. The Bertz CT molecular complexity index is 901. The van der Waals surface area contributed by atoms with Crippen molar-refractivity contribution >= 4 is 28.3 Å². The second-order valence-electron chi connectivity index (χ2n) is 6.06. The average molecular weight is 342 g/mol. The minimum Gasteiger partial charge on any atom is -0.391 e. The van der Waals surface area contributed by atoms with E-state index in [0.717, 1.165) is 27.4 Å². The molecule has 0 unspecified atom stereocenters. The molecule has 1 aliphatic rings. The number of hydrogen-bond donors (Lipinski definition) is 1. The fourth-order valence-electron chi connectivity index (χ4n) is 3.13. The van der Waals surface area contributed by atoms with Gasteiger partial charge in [-0.15, -0.1) is 11.3 Å². The molecule has 1 N–H and O–H groups in total. The Kier molecular flexibility index (Phi) is 3.82. The zero-order valence-corrected chi connectivity index (χ0v) is 14.2. The average Bonchev–Trinajstić information content (AvgIpc) is 3.27. The van der Waals surface area contributed by atoms with E-state index in [1.807, 2.05) is 35.8 Å². The van der Waals surface area contributed by atoms with Gasteiger partial charge < -0.3 is 14.6 Å². The van der Waals surface area contributed by atoms with Gasteiger partial charge in [0.25, 0.3) is 0 Å². The number of fused-ring (bicyclic) bond motifs is 1. The number of aromatic nitrogens is 3. The lowest BCUT2D eigenvalue weighted by atomic mass is 10.3. The maximum Gasteiger partial charge on any atom is 0.242 e. The Hall–Kier alpha value is -2.25. The Balaban J connectivity index is 1.76. The van der Waals surface area contributed by atoms with E-state index in [1.165, 1.54) is 11.3 Å². The van der Waals surface area contributed by atoms with Crippen LogP contribution in [0.25, 0.3) is 21.7 Å². The first kappa shape index (κ1) is 15.3. The highest BCUT2D eigenvalue weighted by atomic mass is 32.1. The molecule has 0 aliphatic carbocycles. The lowest BCUT2D eigenvalue weighted by molar-refractivity contribution is -0.131. The normalized spacial score (nSPS) is 17.8. The molecule has 1 atom stereocenters. The van der Waals surface area contributed by atoms with Gasteiger partial charge in [0, 0.05) is 13.1 Å². The molecule has 3 aromatic rings. The summed E-state index contributed by atoms with van der Waals surface area (Å²) in [5.74, 6) is 0.794. The second-order valence-corrected chi connectivity index (χ2v) is 6.91. The molecular weight excluding hydrogens is 324 g/mol. The van der Waals surface area contributed by atoms with E-state index in [-0.39, 0.29) is 12.5 Å². The topological polar surface area (TPSA) is 71.2 Å². The van der Waals surface area contributed by atoms with Crippen LogP contribution < -0.4 is 0 Å². The predicted molar refractivity (Wildman–Crippen MR) is 92.8 cm³/mol. The summed E-state index contributed by atoms with van der Waals surface area (Å²) in [5.41, 5.74) is 4.52. The quantitative estimate of drug-likeness (QED) is 0.791. The van der Waals surface area contributed by atoms with Crippen molar-refractivity contribution in [3.63, 3.8) is 0 Å². The highest BCUT2D eigenvalue weighted by Gasteiger charge is 2.26. The molecule has 1 fully saturated rings. The molecule has 6 nitrogen and oxygen atoms in total. The number of para-hydroxylation sites is 2.